The summed E-state index contributed by atoms with van der Waals surface area (Å²) in [7, 11) is -8.28. The second-order valence-electron chi connectivity index (χ2n) is 8.05. The van der Waals surface area contributed by atoms with Gasteiger partial charge in [-0.3, -0.25) is 4.28 Å². The predicted octanol–water partition coefficient (Wildman–Crippen LogP) is 7.45. The van der Waals surface area contributed by atoms with Gasteiger partial charge in [-0.2, -0.15) is 83.1 Å². The fourth-order valence-corrected chi connectivity index (χ4v) is 3.53. The molecule has 0 fully saturated rings. The first-order valence-corrected chi connectivity index (χ1v) is 11.4. The lowest BCUT2D eigenvalue weighted by atomic mass is 9.94. The van der Waals surface area contributed by atoms with Crippen LogP contribution in [0.1, 0.15) is 5.69 Å². The number of alkyl halides is 19. The number of hydrogen-bond acceptors (Lipinski definition) is 4. The van der Waals surface area contributed by atoms with Crippen molar-refractivity contribution in [3.63, 3.8) is 0 Å². The molecule has 0 spiro atoms. The summed E-state index contributed by atoms with van der Waals surface area (Å²) in [6.07, 6.45) is -13.5. The number of nitrogens with zero attached hydrogens (tertiary/aromatic N) is 1. The lowest BCUT2D eigenvalue weighted by Gasteiger charge is -2.36. The minimum absolute atomic E-state index is 0.0576. The number of rotatable bonds is 11. The number of benzene rings is 1. The summed E-state index contributed by atoms with van der Waals surface area (Å²) >= 11 is 0. The summed E-state index contributed by atoms with van der Waals surface area (Å²) < 4.78 is 280. The van der Waals surface area contributed by atoms with E-state index >= 15 is 0 Å². The third-order valence-corrected chi connectivity index (χ3v) is 6.38. The van der Waals surface area contributed by atoms with Gasteiger partial charge in [-0.15, -0.1) is 0 Å². The number of H-pyrrole nitrogens is 1. The topological polar surface area (TPSA) is 71.5 Å². The van der Waals surface area contributed by atoms with Crippen molar-refractivity contribution in [3.05, 3.63) is 36.0 Å². The average molecular weight is 692 g/mol. The monoisotopic (exact) mass is 692 g/mol. The van der Waals surface area contributed by atoms with E-state index in [9.17, 15) is 91.8 Å². The molecule has 0 atom stereocenters. The van der Waals surface area contributed by atoms with Gasteiger partial charge in [-0.05, 0) is 12.1 Å². The Morgan fingerprint density at radius 2 is 1.21 bits per heavy atom. The van der Waals surface area contributed by atoms with Crippen LogP contribution in [-0.4, -0.2) is 72.5 Å². The zero-order chi connectivity index (χ0) is 34.0. The summed E-state index contributed by atoms with van der Waals surface area (Å²) in [5.41, 5.74) is -6.09. The average Bonchev–Trinajstić information content (AvgIpc) is 3.25. The number of aromatic amines is 1. The molecule has 246 valence electrons. The lowest BCUT2D eigenvalue weighted by molar-refractivity contribution is -0.382. The van der Waals surface area contributed by atoms with Gasteiger partial charge in [-0.25, -0.2) is 8.78 Å². The molecule has 0 radical (unpaired) electrons. The van der Waals surface area contributed by atoms with E-state index in [-0.39, 0.29) is 6.07 Å². The van der Waals surface area contributed by atoms with E-state index in [0.29, 0.717) is 0 Å². The SMILES string of the molecule is O=S(=O)(ON=C(c1cc2ccccc2[nH]1)C(F)(F)C(F)(F)C(F)(F)C(F)(F)C(F)F)C(F)(F)C(F)(F)C(F)(F)C(F)(F)F. The van der Waals surface area contributed by atoms with Crippen molar-refractivity contribution in [2.24, 2.45) is 5.16 Å². The number of para-hydroxylation sites is 1. The Kier molecular flexibility index (Phi) is 8.55. The maximum Gasteiger partial charge on any atom is 0.460 e. The van der Waals surface area contributed by atoms with Gasteiger partial charge < -0.3 is 4.98 Å². The molecule has 0 saturated heterocycles. The second kappa shape index (κ2) is 10.2. The standard InChI is InChI=1S/C18H7F19N2O3S/c19-10(20)12(23,24)14(27,28)13(25,26)11(21,22)9(8-5-6-3-1-2-4-7(6)38-8)39-42-43(40,41)18(36,37)16(31,32)15(29,30)17(33,34)35/h1-5,10,38H. The number of nitrogens with one attached hydrogen (secondary N) is 1. The highest BCUT2D eigenvalue weighted by Crippen LogP contribution is 2.57. The molecule has 2 rings (SSSR count). The number of oxime groups is 1. The van der Waals surface area contributed by atoms with Gasteiger partial charge in [0.05, 0.1) is 5.69 Å². The first kappa shape index (κ1) is 36.0. The molecule has 5 nitrogen and oxygen atoms in total. The number of hydrogen-bond donors (Lipinski definition) is 1. The van der Waals surface area contributed by atoms with Crippen LogP contribution in [0.4, 0.5) is 83.4 Å². The fraction of sp³-hybridized carbons (Fsp3) is 0.500. The van der Waals surface area contributed by atoms with Crippen molar-refractivity contribution in [2.75, 3.05) is 0 Å². The smallest absolute Gasteiger partial charge is 0.353 e. The Hall–Kier alpha value is -3.15. The molecule has 1 aromatic carbocycles. The Bertz CT molecular complexity index is 1440. The van der Waals surface area contributed by atoms with Crippen LogP contribution in [0.3, 0.4) is 0 Å². The number of fused-ring (bicyclic) bond motifs is 1. The maximum atomic E-state index is 14.8. The van der Waals surface area contributed by atoms with E-state index < -0.39 is 85.8 Å². The van der Waals surface area contributed by atoms with Gasteiger partial charge in [0.25, 0.3) is 0 Å². The van der Waals surface area contributed by atoms with Gasteiger partial charge in [0.15, 0.2) is 5.71 Å². The van der Waals surface area contributed by atoms with Gasteiger partial charge >= 0.3 is 63.5 Å². The predicted molar refractivity (Wildman–Crippen MR) is 102 cm³/mol. The molecule has 0 bridgehead atoms. The van der Waals surface area contributed by atoms with Crippen molar-refractivity contribution in [1.29, 1.82) is 0 Å². The fourth-order valence-electron chi connectivity index (χ4n) is 2.82. The number of aromatic nitrogens is 1. The van der Waals surface area contributed by atoms with E-state index in [1.165, 1.54) is 10.1 Å². The van der Waals surface area contributed by atoms with E-state index in [1.54, 1.807) is 0 Å². The van der Waals surface area contributed by atoms with E-state index in [4.69, 9.17) is 0 Å². The molecule has 1 aromatic heterocycles. The Morgan fingerprint density at radius 3 is 1.65 bits per heavy atom. The quantitative estimate of drug-likeness (QED) is 0.151. The van der Waals surface area contributed by atoms with Crippen LogP contribution in [0.15, 0.2) is 35.5 Å². The summed E-state index contributed by atoms with van der Waals surface area (Å²) in [5, 5.41) is -7.01. The Balaban J connectivity index is 2.84. The zero-order valence-corrected chi connectivity index (χ0v) is 20.0. The summed E-state index contributed by atoms with van der Waals surface area (Å²) in [6, 6.07) is 3.74. The van der Waals surface area contributed by atoms with Crippen molar-refractivity contribution in [3.8, 4) is 0 Å². The highest BCUT2D eigenvalue weighted by Gasteiger charge is 2.87. The van der Waals surface area contributed by atoms with Crippen molar-refractivity contribution < 1.29 is 96.1 Å². The highest BCUT2D eigenvalue weighted by atomic mass is 32.2. The van der Waals surface area contributed by atoms with Crippen LogP contribution in [0.25, 0.3) is 10.9 Å². The van der Waals surface area contributed by atoms with Crippen LogP contribution in [0.2, 0.25) is 0 Å². The van der Waals surface area contributed by atoms with Gasteiger partial charge in [0.2, 0.25) is 0 Å². The summed E-state index contributed by atoms with van der Waals surface area (Å²) in [5.74, 6) is -46.3. The normalized spacial score (nSPS) is 15.9. The molecule has 43 heavy (non-hydrogen) atoms. The third kappa shape index (κ3) is 5.19. The molecule has 0 aliphatic rings. The molecule has 2 aromatic rings. The van der Waals surface area contributed by atoms with Crippen molar-refractivity contribution in [2.45, 2.75) is 53.4 Å². The minimum Gasteiger partial charge on any atom is -0.353 e. The molecule has 1 N–H and O–H groups in total. The lowest BCUT2D eigenvalue weighted by Crippen LogP contribution is -2.66. The van der Waals surface area contributed by atoms with Crippen molar-refractivity contribution in [1.82, 2.24) is 4.98 Å². The Labute approximate surface area is 223 Å². The summed E-state index contributed by atoms with van der Waals surface area (Å²) in [6.45, 7) is 0. The zero-order valence-electron chi connectivity index (χ0n) is 19.2. The largest absolute Gasteiger partial charge is 0.460 e. The molecular formula is C18H7F19N2O3S. The van der Waals surface area contributed by atoms with Crippen LogP contribution in [0, 0.1) is 0 Å². The van der Waals surface area contributed by atoms with Crippen LogP contribution >= 0.6 is 0 Å². The third-order valence-electron chi connectivity index (χ3n) is 5.22. The molecule has 1 heterocycles. The van der Waals surface area contributed by atoms with Crippen LogP contribution in [0.5, 0.6) is 0 Å². The van der Waals surface area contributed by atoms with E-state index in [0.717, 1.165) is 24.3 Å². The van der Waals surface area contributed by atoms with Crippen LogP contribution in [-0.2, 0) is 14.4 Å². The van der Waals surface area contributed by atoms with Gasteiger partial charge in [-0.1, -0.05) is 23.4 Å². The molecule has 0 aliphatic carbocycles. The first-order chi connectivity index (χ1) is 18.9. The maximum absolute atomic E-state index is 14.8. The molecule has 0 unspecified atom stereocenters. The van der Waals surface area contributed by atoms with E-state index in [2.05, 4.69) is 4.28 Å². The Morgan fingerprint density at radius 1 is 0.721 bits per heavy atom. The minimum atomic E-state index is -8.28. The number of halogens is 19. The molecule has 0 saturated carbocycles. The molecule has 25 heteroatoms. The van der Waals surface area contributed by atoms with E-state index in [1.807, 2.05) is 0 Å². The highest BCUT2D eigenvalue weighted by molar-refractivity contribution is 7.87. The summed E-state index contributed by atoms with van der Waals surface area (Å²) in [4.78, 5) is 1.53. The first-order valence-electron chi connectivity index (χ1n) is 9.95. The molecule has 0 amide bonds. The molecular weight excluding hydrogens is 685 g/mol. The second-order valence-corrected chi connectivity index (χ2v) is 9.62. The van der Waals surface area contributed by atoms with Crippen molar-refractivity contribution >= 4 is 26.7 Å². The molecule has 0 aliphatic heterocycles. The van der Waals surface area contributed by atoms with Crippen LogP contribution < -0.4 is 0 Å². The van der Waals surface area contributed by atoms with Gasteiger partial charge in [0.1, 0.15) is 0 Å². The van der Waals surface area contributed by atoms with Gasteiger partial charge in [0, 0.05) is 10.9 Å².